The van der Waals surface area contributed by atoms with Gasteiger partial charge in [0.15, 0.2) is 0 Å². The lowest BCUT2D eigenvalue weighted by molar-refractivity contribution is -0.135. The molecule has 1 atom stereocenters. The highest BCUT2D eigenvalue weighted by Gasteiger charge is 2.33. The molecule has 0 aromatic heterocycles. The molecule has 0 aliphatic heterocycles. The lowest BCUT2D eigenvalue weighted by atomic mass is 9.76. The Morgan fingerprint density at radius 1 is 1.21 bits per heavy atom. The molecular formula is C18H22N2O4. The van der Waals surface area contributed by atoms with Crippen LogP contribution in [0.3, 0.4) is 0 Å². The number of hydrogen-bond acceptors (Lipinski definition) is 3. The molecule has 2 rings (SSSR count). The van der Waals surface area contributed by atoms with Crippen molar-refractivity contribution in [3.8, 4) is 0 Å². The Balaban J connectivity index is 1.97. The quantitative estimate of drug-likeness (QED) is 0.723. The Morgan fingerprint density at radius 3 is 2.42 bits per heavy atom. The number of aliphatic carboxylic acids is 1. The van der Waals surface area contributed by atoms with Gasteiger partial charge in [-0.2, -0.15) is 0 Å². The summed E-state index contributed by atoms with van der Waals surface area (Å²) < 4.78 is 0. The second-order valence-electron chi connectivity index (χ2n) is 6.42. The molecule has 0 saturated heterocycles. The van der Waals surface area contributed by atoms with Crippen LogP contribution in [-0.2, 0) is 9.59 Å². The SMILES string of the molecule is CC1=CCC(C)(C(=O)Nc2ccc(C(=O)NCC(=O)O)cc2)CC1. The Labute approximate surface area is 140 Å². The fraction of sp³-hybridized carbons (Fsp3) is 0.389. The van der Waals surface area contributed by atoms with E-state index in [-0.39, 0.29) is 5.91 Å². The Morgan fingerprint density at radius 2 is 1.88 bits per heavy atom. The van der Waals surface area contributed by atoms with E-state index in [9.17, 15) is 14.4 Å². The molecule has 128 valence electrons. The third-order valence-corrected chi connectivity index (χ3v) is 4.33. The van der Waals surface area contributed by atoms with Gasteiger partial charge in [0.05, 0.1) is 5.41 Å². The first-order chi connectivity index (χ1) is 11.3. The Hall–Kier alpha value is -2.63. The molecule has 3 N–H and O–H groups in total. The van der Waals surface area contributed by atoms with Crippen LogP contribution in [0.15, 0.2) is 35.9 Å². The highest BCUT2D eigenvalue weighted by molar-refractivity contribution is 5.98. The van der Waals surface area contributed by atoms with Crippen molar-refractivity contribution in [3.05, 3.63) is 41.5 Å². The van der Waals surface area contributed by atoms with E-state index >= 15 is 0 Å². The number of carbonyl (C=O) groups is 3. The summed E-state index contributed by atoms with van der Waals surface area (Å²) in [6.45, 7) is 3.60. The summed E-state index contributed by atoms with van der Waals surface area (Å²) in [5.41, 5.74) is 1.85. The number of allylic oxidation sites excluding steroid dienone is 2. The van der Waals surface area contributed by atoms with Gasteiger partial charge in [-0.05, 0) is 50.5 Å². The maximum Gasteiger partial charge on any atom is 0.322 e. The molecule has 6 heteroatoms. The van der Waals surface area contributed by atoms with E-state index in [1.54, 1.807) is 24.3 Å². The van der Waals surface area contributed by atoms with Gasteiger partial charge in [-0.3, -0.25) is 14.4 Å². The minimum absolute atomic E-state index is 0.0330. The highest BCUT2D eigenvalue weighted by Crippen LogP contribution is 2.35. The monoisotopic (exact) mass is 330 g/mol. The molecule has 2 amide bonds. The summed E-state index contributed by atoms with van der Waals surface area (Å²) in [5, 5.41) is 13.7. The summed E-state index contributed by atoms with van der Waals surface area (Å²) in [4.78, 5) is 34.7. The van der Waals surface area contributed by atoms with Gasteiger partial charge in [-0.1, -0.05) is 18.6 Å². The summed E-state index contributed by atoms with van der Waals surface area (Å²) in [7, 11) is 0. The van der Waals surface area contributed by atoms with E-state index in [0.29, 0.717) is 11.3 Å². The predicted octanol–water partition coefficient (Wildman–Crippen LogP) is 2.58. The smallest absolute Gasteiger partial charge is 0.322 e. The van der Waals surface area contributed by atoms with Crippen molar-refractivity contribution in [1.29, 1.82) is 0 Å². The van der Waals surface area contributed by atoms with Crippen molar-refractivity contribution >= 4 is 23.5 Å². The maximum absolute atomic E-state index is 12.5. The molecule has 0 saturated carbocycles. The molecule has 0 radical (unpaired) electrons. The number of anilines is 1. The van der Waals surface area contributed by atoms with E-state index in [1.807, 2.05) is 6.92 Å². The van der Waals surface area contributed by atoms with Crippen LogP contribution in [0.1, 0.15) is 43.5 Å². The maximum atomic E-state index is 12.5. The van der Waals surface area contributed by atoms with E-state index in [2.05, 4.69) is 23.6 Å². The summed E-state index contributed by atoms with van der Waals surface area (Å²) in [5.74, 6) is -1.60. The van der Waals surface area contributed by atoms with Crippen LogP contribution >= 0.6 is 0 Å². The standard InChI is InChI=1S/C18H22N2O4/c1-12-7-9-18(2,10-8-12)17(24)20-14-5-3-13(4-6-14)16(23)19-11-15(21)22/h3-7H,8-11H2,1-2H3,(H,19,23)(H,20,24)(H,21,22). The minimum atomic E-state index is -1.10. The second-order valence-corrected chi connectivity index (χ2v) is 6.42. The molecule has 1 aromatic rings. The lowest BCUT2D eigenvalue weighted by Gasteiger charge is -2.30. The van der Waals surface area contributed by atoms with Crippen molar-refractivity contribution in [3.63, 3.8) is 0 Å². The van der Waals surface area contributed by atoms with Crippen LogP contribution in [0, 0.1) is 5.41 Å². The molecule has 0 fully saturated rings. The van der Waals surface area contributed by atoms with Gasteiger partial charge in [0.2, 0.25) is 5.91 Å². The first-order valence-electron chi connectivity index (χ1n) is 7.87. The van der Waals surface area contributed by atoms with Crippen LogP contribution in [0.25, 0.3) is 0 Å². The zero-order chi connectivity index (χ0) is 17.7. The number of carbonyl (C=O) groups excluding carboxylic acids is 2. The number of nitrogens with one attached hydrogen (secondary N) is 2. The second kappa shape index (κ2) is 7.29. The number of carboxylic acid groups (broad SMARTS) is 1. The highest BCUT2D eigenvalue weighted by atomic mass is 16.4. The van der Waals surface area contributed by atoms with Gasteiger partial charge in [0, 0.05) is 11.3 Å². The zero-order valence-electron chi connectivity index (χ0n) is 13.9. The Kier molecular flexibility index (Phi) is 5.39. The van der Waals surface area contributed by atoms with Crippen molar-refractivity contribution in [2.24, 2.45) is 5.41 Å². The molecule has 24 heavy (non-hydrogen) atoms. The van der Waals surface area contributed by atoms with Gasteiger partial charge >= 0.3 is 5.97 Å². The van der Waals surface area contributed by atoms with E-state index in [0.717, 1.165) is 19.3 Å². The Bertz CT molecular complexity index is 679. The van der Waals surface area contributed by atoms with Gasteiger partial charge in [-0.25, -0.2) is 0 Å². The van der Waals surface area contributed by atoms with Gasteiger partial charge in [0.25, 0.3) is 5.91 Å². The van der Waals surface area contributed by atoms with Crippen molar-refractivity contribution in [2.45, 2.75) is 33.1 Å². The number of hydrogen-bond donors (Lipinski definition) is 3. The topological polar surface area (TPSA) is 95.5 Å². The predicted molar refractivity (Wildman–Crippen MR) is 90.8 cm³/mol. The average Bonchev–Trinajstić information content (AvgIpc) is 2.56. The first-order valence-corrected chi connectivity index (χ1v) is 7.87. The van der Waals surface area contributed by atoms with Crippen LogP contribution in [-0.4, -0.2) is 29.4 Å². The van der Waals surface area contributed by atoms with Gasteiger partial charge in [-0.15, -0.1) is 0 Å². The molecule has 1 aliphatic carbocycles. The van der Waals surface area contributed by atoms with Crippen LogP contribution in [0.5, 0.6) is 0 Å². The molecule has 1 aromatic carbocycles. The van der Waals surface area contributed by atoms with Gasteiger partial charge < -0.3 is 15.7 Å². The van der Waals surface area contributed by atoms with E-state index in [1.165, 1.54) is 5.57 Å². The minimum Gasteiger partial charge on any atom is -0.480 e. The third-order valence-electron chi connectivity index (χ3n) is 4.33. The van der Waals surface area contributed by atoms with Crippen molar-refractivity contribution in [2.75, 3.05) is 11.9 Å². The summed E-state index contributed by atoms with van der Waals surface area (Å²) >= 11 is 0. The summed E-state index contributed by atoms with van der Waals surface area (Å²) in [6, 6.07) is 6.39. The molecule has 0 bridgehead atoms. The van der Waals surface area contributed by atoms with E-state index in [4.69, 9.17) is 5.11 Å². The third kappa shape index (κ3) is 4.44. The molecule has 6 nitrogen and oxygen atoms in total. The van der Waals surface area contributed by atoms with Gasteiger partial charge in [0.1, 0.15) is 6.54 Å². The number of carboxylic acids is 1. The average molecular weight is 330 g/mol. The largest absolute Gasteiger partial charge is 0.480 e. The lowest BCUT2D eigenvalue weighted by Crippen LogP contribution is -2.34. The molecule has 1 unspecified atom stereocenters. The molecular weight excluding hydrogens is 308 g/mol. The van der Waals surface area contributed by atoms with Crippen LogP contribution in [0.2, 0.25) is 0 Å². The fourth-order valence-electron chi connectivity index (χ4n) is 2.53. The normalized spacial score (nSPS) is 20.0. The van der Waals surface area contributed by atoms with Crippen molar-refractivity contribution < 1.29 is 19.5 Å². The van der Waals surface area contributed by atoms with Crippen molar-refractivity contribution in [1.82, 2.24) is 5.32 Å². The fourth-order valence-corrected chi connectivity index (χ4v) is 2.53. The molecule has 1 aliphatic rings. The number of amides is 2. The van der Waals surface area contributed by atoms with E-state index < -0.39 is 23.8 Å². The van der Waals surface area contributed by atoms with Crippen LogP contribution < -0.4 is 10.6 Å². The zero-order valence-corrected chi connectivity index (χ0v) is 13.9. The number of benzene rings is 1. The molecule has 0 spiro atoms. The number of rotatable bonds is 5. The molecule has 0 heterocycles. The summed E-state index contributed by atoms with van der Waals surface area (Å²) in [6.07, 6.45) is 4.57. The van der Waals surface area contributed by atoms with Crippen LogP contribution in [0.4, 0.5) is 5.69 Å². The first kappa shape index (κ1) is 17.7.